The number of carboxylic acids is 1. The first kappa shape index (κ1) is 53.9. The summed E-state index contributed by atoms with van der Waals surface area (Å²) in [4.78, 5) is 54.8. The van der Waals surface area contributed by atoms with Crippen molar-refractivity contribution in [3.8, 4) is 5.75 Å². The third-order valence-corrected chi connectivity index (χ3v) is 21.4. The van der Waals surface area contributed by atoms with Crippen LogP contribution in [-0.4, -0.2) is 69.7 Å². The predicted molar refractivity (Wildman–Crippen MR) is 337 cm³/mol. The zero-order valence-electron chi connectivity index (χ0n) is 47.0. The number of hydrogen-bond acceptors (Lipinski definition) is 10. The van der Waals surface area contributed by atoms with E-state index in [1.807, 2.05) is 72.9 Å². The summed E-state index contributed by atoms with van der Waals surface area (Å²) in [5, 5.41) is 10.2. The quantitative estimate of drug-likeness (QED) is 0.0951. The van der Waals surface area contributed by atoms with Gasteiger partial charge < -0.3 is 19.5 Å². The highest BCUT2D eigenvalue weighted by Crippen LogP contribution is 2.60. The van der Waals surface area contributed by atoms with E-state index >= 15 is 0 Å². The molecule has 0 amide bonds. The number of ketones is 1. The maximum absolute atomic E-state index is 14.9. The molecule has 6 heterocycles. The van der Waals surface area contributed by atoms with Crippen molar-refractivity contribution in [3.63, 3.8) is 0 Å². The summed E-state index contributed by atoms with van der Waals surface area (Å²) in [5.74, 6) is 1.21. The lowest BCUT2D eigenvalue weighted by Gasteiger charge is -2.48. The molecule has 8 bridgehead atoms. The summed E-state index contributed by atoms with van der Waals surface area (Å²) in [5.41, 5.74) is 11.5. The number of aliphatic imine (C=N–C) groups is 2. The van der Waals surface area contributed by atoms with Crippen molar-refractivity contribution in [1.82, 2.24) is 4.90 Å². The molecule has 0 spiro atoms. The smallest absolute Gasteiger partial charge is 0.337 e. The summed E-state index contributed by atoms with van der Waals surface area (Å²) < 4.78 is 15.9. The Labute approximate surface area is 498 Å². The van der Waals surface area contributed by atoms with Crippen molar-refractivity contribution < 1.29 is 29.0 Å². The van der Waals surface area contributed by atoms with Crippen LogP contribution in [0.25, 0.3) is 22.3 Å². The van der Waals surface area contributed by atoms with E-state index in [1.54, 1.807) is 23.1 Å². The van der Waals surface area contributed by atoms with Gasteiger partial charge in [0.1, 0.15) is 11.5 Å². The van der Waals surface area contributed by atoms with E-state index in [4.69, 9.17) is 19.5 Å². The summed E-state index contributed by atoms with van der Waals surface area (Å²) >= 11 is 3.38. The fourth-order valence-corrected chi connectivity index (χ4v) is 17.4. The second kappa shape index (κ2) is 22.5. The Balaban J connectivity index is 0.769. The Bertz CT molecular complexity index is 4020. The zero-order chi connectivity index (χ0) is 56.9. The Morgan fingerprint density at radius 2 is 1.38 bits per heavy atom. The molecule has 84 heavy (non-hydrogen) atoms. The molecule has 6 atom stereocenters. The van der Waals surface area contributed by atoms with Crippen LogP contribution in [0.4, 0.5) is 0 Å². The van der Waals surface area contributed by atoms with Gasteiger partial charge in [-0.15, -0.1) is 23.1 Å². The number of likely N-dealkylation sites (tertiary alicyclic amines) is 1. The molecule has 6 aromatic rings. The molecule has 5 aromatic carbocycles. The van der Waals surface area contributed by atoms with Gasteiger partial charge in [0.2, 0.25) is 0 Å². The number of thioether (sulfide) groups is 1. The van der Waals surface area contributed by atoms with Gasteiger partial charge in [0.25, 0.3) is 0 Å². The molecule has 5 aliphatic heterocycles. The molecule has 1 N–H and O–H groups in total. The van der Waals surface area contributed by atoms with Crippen LogP contribution in [0.15, 0.2) is 221 Å². The van der Waals surface area contributed by atoms with E-state index in [1.165, 1.54) is 11.1 Å². The molecular formula is C73H65N3O6S2. The number of esters is 1. The molecule has 8 aliphatic rings. The van der Waals surface area contributed by atoms with Crippen molar-refractivity contribution in [2.45, 2.75) is 81.5 Å². The Kier molecular flexibility index (Phi) is 14.4. The molecule has 11 heteroatoms. The SMILES string of the molecule is C[C@]12CCC3c4ccc(C(=CN5CCC(COC(=O)CC6(Oc7ccccc7)C=C7C=C8C=CC(=N8)C(c8ccccc8)=c8ccc(s8)=C(c8ccccc8)C8=NC(=C(c9ccccc9)C6S7)C=C8)CC5)C(=O)O)cc4CCC3C1CCC2=O. The number of rotatable bonds is 12. The molecule has 1 saturated heterocycles. The second-order valence-corrected chi connectivity index (χ2v) is 26.2. The molecule has 3 fully saturated rings. The topological polar surface area (TPSA) is 118 Å². The number of fused-ring (bicyclic) bond motifs is 11. The van der Waals surface area contributed by atoms with Crippen LogP contribution in [-0.2, 0) is 25.5 Å². The van der Waals surface area contributed by atoms with E-state index in [9.17, 15) is 19.5 Å². The minimum Gasteiger partial charge on any atom is -0.481 e. The van der Waals surface area contributed by atoms with Crippen molar-refractivity contribution in [2.24, 2.45) is 33.2 Å². The predicted octanol–water partition coefficient (Wildman–Crippen LogP) is 13.5. The number of hydrogen-bond donors (Lipinski definition) is 1. The lowest BCUT2D eigenvalue weighted by molar-refractivity contribution is -0.148. The van der Waals surface area contributed by atoms with Crippen molar-refractivity contribution >= 4 is 74.5 Å². The number of carbonyl (C=O) groups excluding carboxylic acids is 2. The number of carboxylic acid groups (broad SMARTS) is 1. The highest BCUT2D eigenvalue weighted by molar-refractivity contribution is 8.04. The van der Waals surface area contributed by atoms with Crippen LogP contribution in [0.2, 0.25) is 0 Å². The van der Waals surface area contributed by atoms with Crippen molar-refractivity contribution in [1.29, 1.82) is 0 Å². The summed E-state index contributed by atoms with van der Waals surface area (Å²) in [6.07, 6.45) is 21.4. The number of allylic oxidation sites excluding steroid dienone is 5. The van der Waals surface area contributed by atoms with Gasteiger partial charge in [0.05, 0.1) is 46.7 Å². The standard InChI is InChI=1S/C73H65N3O6S2/c1-72-37-34-56-55-25-22-51(40-50(55)23-26-57(56)59(72)27-33-65(72)77)58(71(79)80)44-76-38-35-46(36-39-76)45-81-66(78)43-73(82-53-20-12-5-13-21-53)42-54-41-52-24-28-60(74-52)67(47-14-6-2-7-15-47)63-31-32-64(84-63)68(48-16-8-3-9-17-48)61-29-30-62(75-61)69(70(73)83-54)49-18-10-4-11-19-49/h2-22,24-25,28-32,40-42,44,46,56-57,59,70H,23,26-27,33-39,43,45H2,1H3,(H,79,80)/t56?,57?,59?,70?,72-,73?/m0/s1. The molecule has 1 aromatic heterocycles. The van der Waals surface area contributed by atoms with Gasteiger partial charge in [0, 0.05) is 61.8 Å². The Hall–Kier alpha value is -8.12. The van der Waals surface area contributed by atoms with E-state index in [0.29, 0.717) is 54.4 Å². The van der Waals surface area contributed by atoms with E-state index in [2.05, 4.69) is 133 Å². The van der Waals surface area contributed by atoms with Crippen LogP contribution >= 0.6 is 23.1 Å². The van der Waals surface area contributed by atoms with Gasteiger partial charge in [-0.1, -0.05) is 134 Å². The van der Waals surface area contributed by atoms with Crippen LogP contribution in [0.3, 0.4) is 0 Å². The average Bonchev–Trinajstić information content (AvgIpc) is 2.15. The number of para-hydroxylation sites is 1. The number of carbonyl (C=O) groups is 3. The number of nitrogens with zero attached hydrogens (tertiary/aromatic N) is 3. The van der Waals surface area contributed by atoms with E-state index < -0.39 is 16.8 Å². The molecule has 5 unspecified atom stereocenters. The molecule has 9 nitrogen and oxygen atoms in total. The lowest BCUT2D eigenvalue weighted by Crippen LogP contribution is -2.45. The molecule has 3 aliphatic carbocycles. The van der Waals surface area contributed by atoms with Crippen LogP contribution in [0.1, 0.15) is 97.6 Å². The zero-order valence-corrected chi connectivity index (χ0v) is 48.6. The van der Waals surface area contributed by atoms with Gasteiger partial charge in [-0.3, -0.25) is 9.59 Å². The monoisotopic (exact) mass is 1140 g/mol. The summed E-state index contributed by atoms with van der Waals surface area (Å²) in [6, 6.07) is 51.7. The highest BCUT2D eigenvalue weighted by Gasteiger charge is 2.55. The first-order valence-electron chi connectivity index (χ1n) is 29.7. The molecule has 420 valence electrons. The van der Waals surface area contributed by atoms with Crippen LogP contribution < -0.4 is 13.8 Å². The maximum atomic E-state index is 14.9. The fraction of sp³-hybridized carbons (Fsp3) is 0.274. The number of aryl methyl sites for hydroxylation is 1. The van der Waals surface area contributed by atoms with E-state index in [0.717, 1.165) is 121 Å². The largest absolute Gasteiger partial charge is 0.481 e. The fourth-order valence-electron chi connectivity index (χ4n) is 14.7. The summed E-state index contributed by atoms with van der Waals surface area (Å²) in [6.45, 7) is 3.71. The number of ether oxygens (including phenoxy) is 2. The van der Waals surface area contributed by atoms with Crippen LogP contribution in [0, 0.1) is 23.2 Å². The number of benzene rings is 5. The first-order valence-corrected chi connectivity index (χ1v) is 31.4. The third-order valence-electron chi connectivity index (χ3n) is 18.9. The molecule has 2 saturated carbocycles. The molecule has 0 radical (unpaired) electrons. The maximum Gasteiger partial charge on any atom is 0.337 e. The lowest BCUT2D eigenvalue weighted by atomic mass is 9.55. The van der Waals surface area contributed by atoms with Crippen molar-refractivity contribution in [3.05, 3.63) is 253 Å². The minimum absolute atomic E-state index is 0.0841. The highest BCUT2D eigenvalue weighted by atomic mass is 32.2. The number of piperidine rings is 1. The Morgan fingerprint density at radius 1 is 0.726 bits per heavy atom. The normalized spacial score (nSPS) is 25.4. The van der Waals surface area contributed by atoms with Gasteiger partial charge >= 0.3 is 11.9 Å². The average molecular weight is 1140 g/mol. The third kappa shape index (κ3) is 10.2. The van der Waals surface area contributed by atoms with Gasteiger partial charge in [0.15, 0.2) is 5.60 Å². The molecular weight excluding hydrogens is 1080 g/mol. The number of thiophene rings is 1. The van der Waals surface area contributed by atoms with E-state index in [-0.39, 0.29) is 30.3 Å². The van der Waals surface area contributed by atoms with Gasteiger partial charge in [-0.05, 0) is 163 Å². The summed E-state index contributed by atoms with van der Waals surface area (Å²) in [7, 11) is 0. The first-order chi connectivity index (χ1) is 41.1. The van der Waals surface area contributed by atoms with Gasteiger partial charge in [-0.25, -0.2) is 14.8 Å². The second-order valence-electron chi connectivity index (χ2n) is 23.9. The van der Waals surface area contributed by atoms with Crippen molar-refractivity contribution in [2.75, 3.05) is 19.7 Å². The Morgan fingerprint density at radius 3 is 2.07 bits per heavy atom. The number of Topliss-reactive ketones (excluding diaryl/α,β-unsaturated/α-hetero) is 1. The minimum atomic E-state index is -1.26. The molecule has 14 rings (SSSR count). The van der Waals surface area contributed by atoms with Crippen LogP contribution in [0.5, 0.6) is 5.75 Å². The number of aliphatic carboxylic acids is 1. The van der Waals surface area contributed by atoms with Gasteiger partial charge in [-0.2, -0.15) is 0 Å².